The van der Waals surface area contributed by atoms with Crippen LogP contribution in [0.25, 0.3) is 5.95 Å². The van der Waals surface area contributed by atoms with Gasteiger partial charge in [0.05, 0.1) is 16.8 Å². The second-order valence-electron chi connectivity index (χ2n) is 7.33. The lowest BCUT2D eigenvalue weighted by molar-refractivity contribution is -0.384. The molecule has 166 valence electrons. The summed E-state index contributed by atoms with van der Waals surface area (Å²) in [6, 6.07) is 15.8. The normalized spacial score (nSPS) is 11.0. The molecule has 0 saturated carbocycles. The van der Waals surface area contributed by atoms with Gasteiger partial charge in [0.1, 0.15) is 0 Å². The van der Waals surface area contributed by atoms with Crippen molar-refractivity contribution in [3.8, 4) is 5.95 Å². The highest BCUT2D eigenvalue weighted by molar-refractivity contribution is 5.80. The lowest BCUT2D eigenvalue weighted by atomic mass is 10.2. The molecule has 0 unspecified atom stereocenters. The minimum atomic E-state index is -0.451. The number of hydrogen-bond acceptors (Lipinski definition) is 9. The smallest absolute Gasteiger partial charge is 0.269 e. The number of hydrazone groups is 1. The highest BCUT2D eigenvalue weighted by atomic mass is 16.6. The zero-order chi connectivity index (χ0) is 23.4. The average molecular weight is 443 g/mol. The summed E-state index contributed by atoms with van der Waals surface area (Å²) in [6.45, 7) is 5.82. The third-order valence-corrected chi connectivity index (χ3v) is 4.61. The molecule has 0 atom stereocenters. The van der Waals surface area contributed by atoms with Gasteiger partial charge in [0, 0.05) is 23.5 Å². The fourth-order valence-electron chi connectivity index (χ4n) is 3.01. The summed E-state index contributed by atoms with van der Waals surface area (Å²) >= 11 is 0. The number of non-ortho nitro benzene ring substituents is 1. The first-order chi connectivity index (χ1) is 15.9. The fraction of sp³-hybridized carbons (Fsp3) is 0.136. The predicted octanol–water partition coefficient (Wildman–Crippen LogP) is 4.08. The molecular weight excluding hydrogens is 422 g/mol. The van der Waals surface area contributed by atoms with E-state index in [0.717, 1.165) is 22.6 Å². The van der Waals surface area contributed by atoms with Crippen LogP contribution >= 0.6 is 0 Å². The van der Waals surface area contributed by atoms with E-state index in [1.807, 2.05) is 51.1 Å². The van der Waals surface area contributed by atoms with E-state index in [9.17, 15) is 10.1 Å². The van der Waals surface area contributed by atoms with E-state index >= 15 is 0 Å². The van der Waals surface area contributed by atoms with Gasteiger partial charge in [0.25, 0.3) is 11.6 Å². The Kier molecular flexibility index (Phi) is 6.02. The number of rotatable bonds is 7. The summed E-state index contributed by atoms with van der Waals surface area (Å²) < 4.78 is 1.63. The number of benzene rings is 2. The van der Waals surface area contributed by atoms with Gasteiger partial charge in [-0.05, 0) is 56.7 Å². The zero-order valence-electron chi connectivity index (χ0n) is 18.2. The Morgan fingerprint density at radius 3 is 2.30 bits per heavy atom. The van der Waals surface area contributed by atoms with Crippen molar-refractivity contribution in [3.63, 3.8) is 0 Å². The molecule has 0 spiro atoms. The summed E-state index contributed by atoms with van der Waals surface area (Å²) in [5.41, 5.74) is 7.17. The molecular formula is C22H21N9O2. The van der Waals surface area contributed by atoms with E-state index in [2.05, 4.69) is 35.9 Å². The average Bonchev–Trinajstić information content (AvgIpc) is 3.13. The molecule has 0 saturated heterocycles. The molecule has 2 heterocycles. The van der Waals surface area contributed by atoms with E-state index in [-0.39, 0.29) is 11.6 Å². The minimum Gasteiger partial charge on any atom is -0.324 e. The number of nitro benzene ring substituents is 1. The summed E-state index contributed by atoms with van der Waals surface area (Å²) in [5, 5.41) is 22.6. The van der Waals surface area contributed by atoms with Crippen molar-refractivity contribution in [2.75, 3.05) is 10.7 Å². The topological polar surface area (TPSA) is 136 Å². The highest BCUT2D eigenvalue weighted by Crippen LogP contribution is 2.17. The Morgan fingerprint density at radius 1 is 0.970 bits per heavy atom. The third-order valence-electron chi connectivity index (χ3n) is 4.61. The van der Waals surface area contributed by atoms with Crippen LogP contribution in [0.2, 0.25) is 0 Å². The Hall–Kier alpha value is -4.67. The molecule has 2 aromatic heterocycles. The number of nitro groups is 1. The second kappa shape index (κ2) is 9.22. The molecule has 2 N–H and O–H groups in total. The van der Waals surface area contributed by atoms with Gasteiger partial charge in [0.2, 0.25) is 11.9 Å². The molecule has 0 radical (unpaired) electrons. The van der Waals surface area contributed by atoms with E-state index in [1.165, 1.54) is 18.3 Å². The Balaban J connectivity index is 1.61. The van der Waals surface area contributed by atoms with Crippen LogP contribution in [0.5, 0.6) is 0 Å². The number of nitrogens with zero attached hydrogens (tertiary/aromatic N) is 7. The van der Waals surface area contributed by atoms with Gasteiger partial charge < -0.3 is 5.32 Å². The van der Waals surface area contributed by atoms with Gasteiger partial charge in [-0.3, -0.25) is 10.1 Å². The van der Waals surface area contributed by atoms with Gasteiger partial charge in [0.15, 0.2) is 0 Å². The van der Waals surface area contributed by atoms with Crippen LogP contribution in [0.15, 0.2) is 59.7 Å². The summed E-state index contributed by atoms with van der Waals surface area (Å²) in [5.74, 6) is 0.864. The third kappa shape index (κ3) is 5.34. The Morgan fingerprint density at radius 2 is 1.67 bits per heavy atom. The van der Waals surface area contributed by atoms with Gasteiger partial charge in [-0.15, -0.1) is 0 Å². The van der Waals surface area contributed by atoms with Gasteiger partial charge in [-0.1, -0.05) is 17.7 Å². The molecule has 0 fully saturated rings. The number of aryl methyl sites for hydroxylation is 3. The zero-order valence-corrected chi connectivity index (χ0v) is 18.2. The first-order valence-corrected chi connectivity index (χ1v) is 10.0. The highest BCUT2D eigenvalue weighted by Gasteiger charge is 2.12. The first kappa shape index (κ1) is 21.6. The van der Waals surface area contributed by atoms with Crippen molar-refractivity contribution in [1.29, 1.82) is 0 Å². The van der Waals surface area contributed by atoms with Crippen molar-refractivity contribution < 1.29 is 4.92 Å². The van der Waals surface area contributed by atoms with Crippen LogP contribution in [0.3, 0.4) is 0 Å². The SMILES string of the molecule is Cc1ccc(Nc2nc(N/N=C/c3ccc([N+](=O)[O-])cc3)nc(-n3nc(C)cc3C)n2)cc1. The Labute approximate surface area is 189 Å². The lowest BCUT2D eigenvalue weighted by Gasteiger charge is -2.09. The molecule has 4 rings (SSSR count). The van der Waals surface area contributed by atoms with Gasteiger partial charge in [-0.25, -0.2) is 10.1 Å². The molecule has 0 bridgehead atoms. The van der Waals surface area contributed by atoms with E-state index < -0.39 is 4.92 Å². The van der Waals surface area contributed by atoms with Crippen LogP contribution in [0.1, 0.15) is 22.5 Å². The monoisotopic (exact) mass is 443 g/mol. The van der Waals surface area contributed by atoms with Crippen LogP contribution in [0.4, 0.5) is 23.3 Å². The molecule has 4 aromatic rings. The summed E-state index contributed by atoms with van der Waals surface area (Å²) in [4.78, 5) is 23.7. The van der Waals surface area contributed by atoms with Crippen LogP contribution in [-0.2, 0) is 0 Å². The second-order valence-corrected chi connectivity index (χ2v) is 7.33. The maximum Gasteiger partial charge on any atom is 0.269 e. The van der Waals surface area contributed by atoms with Crippen molar-refractivity contribution >= 4 is 29.5 Å². The quantitative estimate of drug-likeness (QED) is 0.248. The van der Waals surface area contributed by atoms with Crippen molar-refractivity contribution in [1.82, 2.24) is 24.7 Å². The summed E-state index contributed by atoms with van der Waals surface area (Å²) in [6.07, 6.45) is 1.52. The van der Waals surface area contributed by atoms with E-state index in [4.69, 9.17) is 0 Å². The van der Waals surface area contributed by atoms with Gasteiger partial charge >= 0.3 is 0 Å². The molecule has 0 aliphatic heterocycles. The van der Waals surface area contributed by atoms with Crippen molar-refractivity contribution in [2.24, 2.45) is 5.10 Å². The largest absolute Gasteiger partial charge is 0.324 e. The lowest BCUT2D eigenvalue weighted by Crippen LogP contribution is -2.11. The van der Waals surface area contributed by atoms with Crippen LogP contribution < -0.4 is 10.7 Å². The van der Waals surface area contributed by atoms with Crippen LogP contribution in [0, 0.1) is 30.9 Å². The standard InChI is InChI=1S/C22H21N9O2/c1-14-4-8-18(9-5-14)24-20-25-21(27-22(26-20)30-16(3)12-15(2)29-30)28-23-13-17-6-10-19(11-7-17)31(32)33/h4-13H,1-3H3,(H2,24,25,26,27,28)/b23-13+. The Bertz CT molecular complexity index is 1310. The molecule has 0 aliphatic rings. The first-order valence-electron chi connectivity index (χ1n) is 10.0. The summed E-state index contributed by atoms with van der Waals surface area (Å²) in [7, 11) is 0. The molecule has 2 aromatic carbocycles. The molecule has 11 nitrogen and oxygen atoms in total. The van der Waals surface area contributed by atoms with E-state index in [1.54, 1.807) is 16.8 Å². The molecule has 33 heavy (non-hydrogen) atoms. The minimum absolute atomic E-state index is 0.0129. The number of anilines is 3. The maximum atomic E-state index is 10.8. The number of nitrogens with one attached hydrogen (secondary N) is 2. The fourth-order valence-corrected chi connectivity index (χ4v) is 3.01. The molecule has 11 heteroatoms. The van der Waals surface area contributed by atoms with Crippen molar-refractivity contribution in [3.05, 3.63) is 87.2 Å². The van der Waals surface area contributed by atoms with E-state index in [0.29, 0.717) is 17.5 Å². The number of aromatic nitrogens is 5. The molecule has 0 aliphatic carbocycles. The maximum absolute atomic E-state index is 10.8. The van der Waals surface area contributed by atoms with Crippen molar-refractivity contribution in [2.45, 2.75) is 20.8 Å². The van der Waals surface area contributed by atoms with Gasteiger partial charge in [-0.2, -0.15) is 25.2 Å². The number of hydrogen-bond donors (Lipinski definition) is 2. The van der Waals surface area contributed by atoms with Crippen LogP contribution in [-0.4, -0.2) is 35.9 Å². The predicted molar refractivity (Wildman–Crippen MR) is 125 cm³/mol. The molecule has 0 amide bonds.